The average Bonchev–Trinajstić information content (AvgIpc) is 2.31. The van der Waals surface area contributed by atoms with Crippen LogP contribution < -0.4 is 0 Å². The van der Waals surface area contributed by atoms with Crippen molar-refractivity contribution in [3.63, 3.8) is 0 Å². The molecule has 0 unspecified atom stereocenters. The van der Waals surface area contributed by atoms with Gasteiger partial charge in [-0.1, -0.05) is 23.8 Å². The third kappa shape index (κ3) is 6.33. The van der Waals surface area contributed by atoms with Gasteiger partial charge in [0.15, 0.2) is 0 Å². The molecule has 0 aliphatic heterocycles. The molecule has 0 saturated heterocycles. The maximum atomic E-state index is 12.7. The zero-order chi connectivity index (χ0) is 13.4. The summed E-state index contributed by atoms with van der Waals surface area (Å²) in [7, 11) is 0. The van der Waals surface area contributed by atoms with Gasteiger partial charge >= 0.3 is 0 Å². The first kappa shape index (κ1) is 14.6. The Labute approximate surface area is 109 Å². The summed E-state index contributed by atoms with van der Waals surface area (Å²) < 4.78 is 12.7. The van der Waals surface area contributed by atoms with Crippen LogP contribution in [0.2, 0.25) is 0 Å². The van der Waals surface area contributed by atoms with Crippen molar-refractivity contribution in [2.45, 2.75) is 46.0 Å². The van der Waals surface area contributed by atoms with E-state index < -0.39 is 0 Å². The van der Waals surface area contributed by atoms with E-state index in [1.54, 1.807) is 6.92 Å². The summed E-state index contributed by atoms with van der Waals surface area (Å²) in [5.41, 5.74) is 2.49. The topological polar surface area (TPSA) is 17.1 Å². The monoisotopic (exact) mass is 248 g/mol. The van der Waals surface area contributed by atoms with E-state index in [4.69, 9.17) is 0 Å². The Bertz CT molecular complexity index is 404. The Morgan fingerprint density at radius 2 is 1.83 bits per heavy atom. The van der Waals surface area contributed by atoms with E-state index in [-0.39, 0.29) is 11.6 Å². The van der Waals surface area contributed by atoms with E-state index in [0.29, 0.717) is 6.42 Å². The summed E-state index contributed by atoms with van der Waals surface area (Å²) in [6.45, 7) is 3.73. The maximum absolute atomic E-state index is 12.7. The molecule has 0 amide bonds. The molecule has 0 bridgehead atoms. The first-order valence-corrected chi connectivity index (χ1v) is 6.47. The van der Waals surface area contributed by atoms with Crippen molar-refractivity contribution >= 4 is 5.78 Å². The largest absolute Gasteiger partial charge is 0.300 e. The maximum Gasteiger partial charge on any atom is 0.129 e. The zero-order valence-electron chi connectivity index (χ0n) is 11.2. The number of hydrogen-bond donors (Lipinski definition) is 0. The van der Waals surface area contributed by atoms with E-state index in [2.05, 4.69) is 13.0 Å². The Balaban J connectivity index is 2.26. The number of rotatable bonds is 7. The highest BCUT2D eigenvalue weighted by Gasteiger charge is 1.96. The number of carbonyl (C=O) groups is 1. The summed E-state index contributed by atoms with van der Waals surface area (Å²) >= 11 is 0. The lowest BCUT2D eigenvalue weighted by Gasteiger charge is -2.01. The van der Waals surface area contributed by atoms with Gasteiger partial charge in [-0.15, -0.1) is 0 Å². The Morgan fingerprint density at radius 1 is 1.17 bits per heavy atom. The molecule has 2 heteroatoms. The van der Waals surface area contributed by atoms with Gasteiger partial charge in [0.25, 0.3) is 0 Å². The van der Waals surface area contributed by atoms with Crippen molar-refractivity contribution in [2.24, 2.45) is 0 Å². The molecule has 0 heterocycles. The molecular formula is C16H21FO. The van der Waals surface area contributed by atoms with Crippen LogP contribution in [0.15, 0.2) is 35.9 Å². The number of halogens is 1. The summed E-state index contributed by atoms with van der Waals surface area (Å²) in [6.07, 6.45) is 6.71. The SMILES string of the molecule is CC(=O)CCCC(C)=CCCc1ccc(F)cc1. The van der Waals surface area contributed by atoms with E-state index >= 15 is 0 Å². The van der Waals surface area contributed by atoms with Crippen molar-refractivity contribution in [1.29, 1.82) is 0 Å². The summed E-state index contributed by atoms with van der Waals surface area (Å²) in [6, 6.07) is 6.65. The van der Waals surface area contributed by atoms with E-state index in [9.17, 15) is 9.18 Å². The molecule has 98 valence electrons. The van der Waals surface area contributed by atoms with Crippen LogP contribution in [-0.2, 0) is 11.2 Å². The van der Waals surface area contributed by atoms with Gasteiger partial charge in [-0.05, 0) is 57.2 Å². The van der Waals surface area contributed by atoms with Gasteiger partial charge in [0, 0.05) is 6.42 Å². The van der Waals surface area contributed by atoms with Crippen LogP contribution in [-0.4, -0.2) is 5.78 Å². The summed E-state index contributed by atoms with van der Waals surface area (Å²) in [5, 5.41) is 0. The van der Waals surface area contributed by atoms with Gasteiger partial charge in [-0.25, -0.2) is 4.39 Å². The number of benzene rings is 1. The molecule has 0 saturated carbocycles. The molecule has 1 aromatic carbocycles. The minimum absolute atomic E-state index is 0.185. The highest BCUT2D eigenvalue weighted by molar-refractivity contribution is 5.75. The van der Waals surface area contributed by atoms with Crippen molar-refractivity contribution in [3.05, 3.63) is 47.3 Å². The molecule has 18 heavy (non-hydrogen) atoms. The van der Waals surface area contributed by atoms with Crippen LogP contribution in [0.5, 0.6) is 0 Å². The van der Waals surface area contributed by atoms with Crippen molar-refractivity contribution in [1.82, 2.24) is 0 Å². The van der Waals surface area contributed by atoms with Gasteiger partial charge in [-0.2, -0.15) is 0 Å². The van der Waals surface area contributed by atoms with Gasteiger partial charge in [0.05, 0.1) is 0 Å². The smallest absolute Gasteiger partial charge is 0.129 e. The van der Waals surface area contributed by atoms with Gasteiger partial charge in [0.1, 0.15) is 11.6 Å². The molecule has 0 radical (unpaired) electrons. The normalized spacial score (nSPS) is 11.6. The number of allylic oxidation sites excluding steroid dienone is 2. The van der Waals surface area contributed by atoms with Crippen LogP contribution >= 0.6 is 0 Å². The first-order valence-electron chi connectivity index (χ1n) is 6.47. The highest BCUT2D eigenvalue weighted by Crippen LogP contribution is 2.10. The predicted octanol–water partition coefficient (Wildman–Crippen LogP) is 4.46. The molecule has 0 aliphatic carbocycles. The molecule has 0 fully saturated rings. The van der Waals surface area contributed by atoms with E-state index in [0.717, 1.165) is 31.2 Å². The van der Waals surface area contributed by atoms with Gasteiger partial charge in [-0.3, -0.25) is 0 Å². The fraction of sp³-hybridized carbons (Fsp3) is 0.438. The van der Waals surface area contributed by atoms with Crippen LogP contribution in [0.1, 0.15) is 45.1 Å². The van der Waals surface area contributed by atoms with Crippen molar-refractivity contribution in [2.75, 3.05) is 0 Å². The fourth-order valence-corrected chi connectivity index (χ4v) is 1.85. The predicted molar refractivity (Wildman–Crippen MR) is 73.0 cm³/mol. The number of hydrogen-bond acceptors (Lipinski definition) is 1. The summed E-state index contributed by atoms with van der Waals surface area (Å²) in [4.78, 5) is 10.8. The molecule has 1 nitrogen and oxygen atoms in total. The summed E-state index contributed by atoms with van der Waals surface area (Å²) in [5.74, 6) is 0.0730. The zero-order valence-corrected chi connectivity index (χ0v) is 11.2. The molecule has 0 aromatic heterocycles. The van der Waals surface area contributed by atoms with Gasteiger partial charge < -0.3 is 4.79 Å². The molecule has 0 aliphatic rings. The third-order valence-corrected chi connectivity index (χ3v) is 2.94. The van der Waals surface area contributed by atoms with E-state index in [1.165, 1.54) is 17.7 Å². The van der Waals surface area contributed by atoms with Crippen molar-refractivity contribution < 1.29 is 9.18 Å². The Kier molecular flexibility index (Phi) is 6.34. The van der Waals surface area contributed by atoms with Crippen LogP contribution in [0.4, 0.5) is 4.39 Å². The molecular weight excluding hydrogens is 227 g/mol. The van der Waals surface area contributed by atoms with E-state index in [1.807, 2.05) is 12.1 Å². The lowest BCUT2D eigenvalue weighted by atomic mass is 10.0. The van der Waals surface area contributed by atoms with Crippen LogP contribution in [0.25, 0.3) is 0 Å². The number of ketones is 1. The molecule has 0 N–H and O–H groups in total. The highest BCUT2D eigenvalue weighted by atomic mass is 19.1. The molecule has 1 aromatic rings. The number of carbonyl (C=O) groups excluding carboxylic acids is 1. The second kappa shape index (κ2) is 7.80. The minimum atomic E-state index is -0.185. The van der Waals surface area contributed by atoms with Crippen LogP contribution in [0, 0.1) is 5.82 Å². The second-order valence-electron chi connectivity index (χ2n) is 4.77. The second-order valence-corrected chi connectivity index (χ2v) is 4.77. The fourth-order valence-electron chi connectivity index (χ4n) is 1.85. The Hall–Kier alpha value is -1.44. The molecule has 0 spiro atoms. The lowest BCUT2D eigenvalue weighted by Crippen LogP contribution is -1.90. The van der Waals surface area contributed by atoms with Gasteiger partial charge in [0.2, 0.25) is 0 Å². The van der Waals surface area contributed by atoms with Crippen LogP contribution in [0.3, 0.4) is 0 Å². The molecule has 0 atom stereocenters. The minimum Gasteiger partial charge on any atom is -0.300 e. The van der Waals surface area contributed by atoms with Crippen molar-refractivity contribution in [3.8, 4) is 0 Å². The number of aryl methyl sites for hydroxylation is 1. The number of Topliss-reactive ketones (excluding diaryl/α,β-unsaturated/α-hetero) is 1. The Morgan fingerprint density at radius 3 is 2.44 bits per heavy atom. The standard InChI is InChI=1S/C16H21FO/c1-13(5-3-7-14(2)18)6-4-8-15-9-11-16(17)12-10-15/h6,9-12H,3-5,7-8H2,1-2H3. The third-order valence-electron chi connectivity index (χ3n) is 2.94. The lowest BCUT2D eigenvalue weighted by molar-refractivity contribution is -0.117. The quantitative estimate of drug-likeness (QED) is 0.651. The first-order chi connectivity index (χ1) is 8.58. The average molecular weight is 248 g/mol. The molecule has 1 rings (SSSR count).